The van der Waals surface area contributed by atoms with Crippen molar-refractivity contribution in [3.63, 3.8) is 0 Å². The van der Waals surface area contributed by atoms with Crippen LogP contribution in [0.4, 0.5) is 33.5 Å². The monoisotopic (exact) mass is 667 g/mol. The standard InChI is InChI=1S/C29H23ClF5N5O4S/c30-22-7-2-1-6-21(22)24(25(41)38-20-14-27(31,32)15-20)28(26(42)39-19-5-3-4-18(13-19)29(33,34)35)9-11-45(43,44)40(28)23-12-17(16-36)8-10-37-23/h1-8,10,12-13,20,24H,9,11,14-15H2,(H,38,41)(H,39,42)/t24-,28?/m1/s1. The molecular formula is C29H23ClF5N5O4S. The summed E-state index contributed by atoms with van der Waals surface area (Å²) in [4.78, 5) is 32.7. The molecule has 1 aliphatic heterocycles. The van der Waals surface area contributed by atoms with Crippen LogP contribution in [0.5, 0.6) is 0 Å². The number of carbonyl (C=O) groups is 2. The van der Waals surface area contributed by atoms with E-state index in [0.717, 1.165) is 30.5 Å². The minimum Gasteiger partial charge on any atom is -0.352 e. The molecule has 1 aliphatic carbocycles. The van der Waals surface area contributed by atoms with Gasteiger partial charge in [0.05, 0.1) is 28.9 Å². The number of anilines is 2. The van der Waals surface area contributed by atoms with Crippen molar-refractivity contribution < 1.29 is 40.0 Å². The summed E-state index contributed by atoms with van der Waals surface area (Å²) in [7, 11) is -4.50. The van der Waals surface area contributed by atoms with Gasteiger partial charge in [-0.1, -0.05) is 35.9 Å². The van der Waals surface area contributed by atoms with Crippen molar-refractivity contribution in [1.82, 2.24) is 10.3 Å². The van der Waals surface area contributed by atoms with Gasteiger partial charge in [-0.25, -0.2) is 26.5 Å². The summed E-state index contributed by atoms with van der Waals surface area (Å²) < 4.78 is 96.0. The number of hydrogen-bond donors (Lipinski definition) is 2. The van der Waals surface area contributed by atoms with Gasteiger partial charge in [0.25, 0.3) is 11.8 Å². The number of alkyl halides is 5. The lowest BCUT2D eigenvalue weighted by Gasteiger charge is -2.43. The zero-order chi connectivity index (χ0) is 32.8. The third-order valence-electron chi connectivity index (χ3n) is 7.70. The molecule has 0 bridgehead atoms. The molecule has 2 heterocycles. The Bertz CT molecular complexity index is 1810. The normalized spacial score (nSPS) is 21.3. The van der Waals surface area contributed by atoms with E-state index in [1.54, 1.807) is 0 Å². The first-order valence-corrected chi connectivity index (χ1v) is 15.4. The molecule has 3 aromatic rings. The molecule has 0 spiro atoms. The lowest BCUT2D eigenvalue weighted by atomic mass is 9.74. The lowest BCUT2D eigenvalue weighted by molar-refractivity contribution is -0.137. The zero-order valence-electron chi connectivity index (χ0n) is 23.0. The van der Waals surface area contributed by atoms with Gasteiger partial charge in [-0.3, -0.25) is 9.59 Å². The van der Waals surface area contributed by atoms with Crippen molar-refractivity contribution in [1.29, 1.82) is 5.26 Å². The van der Waals surface area contributed by atoms with Crippen LogP contribution in [0, 0.1) is 11.3 Å². The second-order valence-corrected chi connectivity index (χ2v) is 13.1. The fourth-order valence-electron chi connectivity index (χ4n) is 5.65. The van der Waals surface area contributed by atoms with Crippen molar-refractivity contribution in [2.45, 2.75) is 48.9 Å². The molecule has 2 N–H and O–H groups in total. The average molecular weight is 668 g/mol. The number of pyridine rings is 1. The van der Waals surface area contributed by atoms with E-state index in [2.05, 4.69) is 15.6 Å². The van der Waals surface area contributed by atoms with Crippen LogP contribution >= 0.6 is 11.6 Å². The van der Waals surface area contributed by atoms with E-state index in [4.69, 9.17) is 11.6 Å². The highest BCUT2D eigenvalue weighted by molar-refractivity contribution is 7.93. The molecule has 16 heteroatoms. The second-order valence-electron chi connectivity index (χ2n) is 10.7. The number of amides is 2. The largest absolute Gasteiger partial charge is 0.416 e. The molecule has 236 valence electrons. The first-order valence-electron chi connectivity index (χ1n) is 13.4. The molecule has 2 fully saturated rings. The molecule has 2 aromatic carbocycles. The van der Waals surface area contributed by atoms with E-state index in [1.807, 2.05) is 6.07 Å². The average Bonchev–Trinajstić information content (AvgIpc) is 3.24. The Morgan fingerprint density at radius 1 is 1.09 bits per heavy atom. The molecule has 1 unspecified atom stereocenters. The summed E-state index contributed by atoms with van der Waals surface area (Å²) >= 11 is 6.50. The van der Waals surface area contributed by atoms with Crippen LogP contribution in [0.15, 0.2) is 66.9 Å². The van der Waals surface area contributed by atoms with Crippen molar-refractivity contribution in [2.24, 2.45) is 0 Å². The summed E-state index contributed by atoms with van der Waals surface area (Å²) in [6, 6.07) is 12.4. The quantitative estimate of drug-likeness (QED) is 0.331. The van der Waals surface area contributed by atoms with E-state index in [9.17, 15) is 45.2 Å². The molecule has 2 atom stereocenters. The maximum absolute atomic E-state index is 14.5. The summed E-state index contributed by atoms with van der Waals surface area (Å²) in [6.07, 6.45) is -5.68. The summed E-state index contributed by atoms with van der Waals surface area (Å²) in [5, 5.41) is 14.2. The molecule has 9 nitrogen and oxygen atoms in total. The van der Waals surface area contributed by atoms with Gasteiger partial charge in [0.15, 0.2) is 5.54 Å². The molecule has 2 amide bonds. The maximum Gasteiger partial charge on any atom is 0.416 e. The van der Waals surface area contributed by atoms with Gasteiger partial charge in [0.1, 0.15) is 5.82 Å². The second kappa shape index (κ2) is 11.6. The molecule has 5 rings (SSSR count). The Balaban J connectivity index is 1.73. The number of rotatable bonds is 7. The Labute approximate surface area is 259 Å². The van der Waals surface area contributed by atoms with Crippen LogP contribution in [-0.4, -0.2) is 48.5 Å². The zero-order valence-corrected chi connectivity index (χ0v) is 24.6. The van der Waals surface area contributed by atoms with Crippen molar-refractivity contribution >= 4 is 44.9 Å². The minimum atomic E-state index is -4.78. The fraction of sp³-hybridized carbons (Fsp3) is 0.310. The van der Waals surface area contributed by atoms with Gasteiger partial charge in [-0.05, 0) is 48.4 Å². The van der Waals surface area contributed by atoms with Crippen molar-refractivity contribution in [3.8, 4) is 6.07 Å². The molecule has 1 aromatic heterocycles. The molecule has 1 saturated carbocycles. The number of aromatic nitrogens is 1. The number of carbonyl (C=O) groups excluding carboxylic acids is 2. The Morgan fingerprint density at radius 3 is 2.44 bits per heavy atom. The van der Waals surface area contributed by atoms with Gasteiger partial charge < -0.3 is 10.6 Å². The van der Waals surface area contributed by atoms with Crippen LogP contribution in [-0.2, 0) is 25.8 Å². The smallest absolute Gasteiger partial charge is 0.352 e. The fourth-order valence-corrected chi connectivity index (χ4v) is 7.81. The Kier molecular flexibility index (Phi) is 8.26. The first kappa shape index (κ1) is 32.1. The van der Waals surface area contributed by atoms with E-state index >= 15 is 0 Å². The number of nitrogens with one attached hydrogen (secondary N) is 2. The van der Waals surface area contributed by atoms with Crippen LogP contribution < -0.4 is 14.9 Å². The summed E-state index contributed by atoms with van der Waals surface area (Å²) in [6.45, 7) is 0. The third-order valence-corrected chi connectivity index (χ3v) is 9.83. The Morgan fingerprint density at radius 2 is 1.80 bits per heavy atom. The number of benzene rings is 2. The maximum atomic E-state index is 14.5. The number of halogens is 6. The topological polar surface area (TPSA) is 132 Å². The predicted octanol–water partition coefficient (Wildman–Crippen LogP) is 5.24. The molecule has 45 heavy (non-hydrogen) atoms. The molecule has 0 radical (unpaired) electrons. The van der Waals surface area contributed by atoms with E-state index in [0.29, 0.717) is 10.4 Å². The van der Waals surface area contributed by atoms with Crippen molar-refractivity contribution in [2.75, 3.05) is 15.4 Å². The third kappa shape index (κ3) is 6.16. The first-order chi connectivity index (χ1) is 21.1. The highest BCUT2D eigenvalue weighted by atomic mass is 35.5. The predicted molar refractivity (Wildman–Crippen MR) is 153 cm³/mol. The highest BCUT2D eigenvalue weighted by Crippen LogP contribution is 2.48. The number of nitrogens with zero attached hydrogens (tertiary/aromatic N) is 3. The van der Waals surface area contributed by atoms with Gasteiger partial charge in [0.2, 0.25) is 15.9 Å². The Hall–Kier alpha value is -4.29. The number of sulfonamides is 1. The SMILES string of the molecule is N#Cc1ccnc(N2C(C(=O)Nc3cccc(C(F)(F)F)c3)([C@@H](C(=O)NC3CC(F)(F)C3)c3ccccc3Cl)CCS2(=O)=O)c1. The molecular weight excluding hydrogens is 645 g/mol. The molecule has 2 aliphatic rings. The molecule has 1 saturated heterocycles. The highest BCUT2D eigenvalue weighted by Gasteiger charge is 2.63. The summed E-state index contributed by atoms with van der Waals surface area (Å²) in [5.41, 5.74) is -4.07. The van der Waals surface area contributed by atoms with Gasteiger partial charge in [-0.15, -0.1) is 0 Å². The number of hydrogen-bond acceptors (Lipinski definition) is 6. The van der Waals surface area contributed by atoms with Crippen LogP contribution in [0.2, 0.25) is 5.02 Å². The van der Waals surface area contributed by atoms with Crippen LogP contribution in [0.25, 0.3) is 0 Å². The summed E-state index contributed by atoms with van der Waals surface area (Å²) in [5.74, 6) is -8.26. The van der Waals surface area contributed by atoms with Crippen molar-refractivity contribution in [3.05, 3.63) is 88.6 Å². The van der Waals surface area contributed by atoms with Gasteiger partial charge in [0, 0.05) is 35.8 Å². The lowest BCUT2D eigenvalue weighted by Crippen LogP contribution is -2.63. The minimum absolute atomic E-state index is 0.0512. The number of nitriles is 1. The van der Waals surface area contributed by atoms with E-state index < -0.39 is 87.8 Å². The van der Waals surface area contributed by atoms with Gasteiger partial charge in [-0.2, -0.15) is 18.4 Å². The van der Waals surface area contributed by atoms with E-state index in [-0.39, 0.29) is 21.8 Å². The van der Waals surface area contributed by atoms with Gasteiger partial charge >= 0.3 is 6.18 Å². The van der Waals surface area contributed by atoms with E-state index in [1.165, 1.54) is 30.3 Å². The van der Waals surface area contributed by atoms with Crippen LogP contribution in [0.1, 0.15) is 41.9 Å². The van der Waals surface area contributed by atoms with Crippen LogP contribution in [0.3, 0.4) is 0 Å².